The predicted molar refractivity (Wildman–Crippen MR) is 87.1 cm³/mol. The van der Waals surface area contributed by atoms with Gasteiger partial charge in [0.2, 0.25) is 0 Å². The van der Waals surface area contributed by atoms with E-state index < -0.39 is 18.3 Å². The van der Waals surface area contributed by atoms with E-state index in [9.17, 15) is 5.11 Å². The van der Waals surface area contributed by atoms with E-state index in [1.807, 2.05) is 58.0 Å². The fourth-order valence-electron chi connectivity index (χ4n) is 2.10. The first kappa shape index (κ1) is 16.6. The van der Waals surface area contributed by atoms with Gasteiger partial charge >= 0.3 is 7.12 Å². The second kappa shape index (κ2) is 6.13. The highest BCUT2D eigenvalue weighted by atomic mass is 35.5. The topological polar surface area (TPSA) is 38.7 Å². The van der Waals surface area contributed by atoms with Crippen LogP contribution in [-0.2, 0) is 15.2 Å². The van der Waals surface area contributed by atoms with Crippen LogP contribution in [0.1, 0.15) is 38.8 Å². The van der Waals surface area contributed by atoms with E-state index in [1.165, 1.54) is 0 Å². The van der Waals surface area contributed by atoms with Gasteiger partial charge in [0.25, 0.3) is 0 Å². The highest BCUT2D eigenvalue weighted by molar-refractivity contribution is 6.55. The average molecular weight is 309 g/mol. The highest BCUT2D eigenvalue weighted by Crippen LogP contribution is 2.38. The fraction of sp³-hybridized carbons (Fsp3) is 0.500. The van der Waals surface area contributed by atoms with Crippen LogP contribution in [0.15, 0.2) is 29.7 Å². The Morgan fingerprint density at radius 1 is 1.14 bits per heavy atom. The van der Waals surface area contributed by atoms with E-state index in [-0.39, 0.29) is 6.61 Å². The fourth-order valence-corrected chi connectivity index (χ4v) is 2.28. The van der Waals surface area contributed by atoms with Crippen molar-refractivity contribution in [2.24, 2.45) is 0 Å². The number of rotatable bonds is 4. The second-order valence-electron chi connectivity index (χ2n) is 6.34. The zero-order valence-corrected chi connectivity index (χ0v) is 13.8. The largest absolute Gasteiger partial charge is 0.492 e. The van der Waals surface area contributed by atoms with Gasteiger partial charge in [-0.2, -0.15) is 0 Å². The first-order chi connectivity index (χ1) is 9.79. The van der Waals surface area contributed by atoms with Crippen molar-refractivity contribution in [1.82, 2.24) is 0 Å². The van der Waals surface area contributed by atoms with Gasteiger partial charge in [0, 0.05) is 5.88 Å². The molecule has 2 rings (SSSR count). The van der Waals surface area contributed by atoms with Crippen molar-refractivity contribution in [1.29, 1.82) is 0 Å². The lowest BCUT2D eigenvalue weighted by Gasteiger charge is -2.32. The summed E-state index contributed by atoms with van der Waals surface area (Å²) < 4.78 is 11.9. The molecule has 0 bridgehead atoms. The van der Waals surface area contributed by atoms with Gasteiger partial charge in [-0.1, -0.05) is 30.3 Å². The van der Waals surface area contributed by atoms with Gasteiger partial charge in [-0.15, -0.1) is 11.6 Å². The normalized spacial score (nSPS) is 20.9. The highest BCUT2D eigenvalue weighted by Gasteiger charge is 2.52. The predicted octanol–water partition coefficient (Wildman–Crippen LogP) is 3.43. The van der Waals surface area contributed by atoms with Crippen LogP contribution in [0.4, 0.5) is 0 Å². The number of aliphatic hydroxyl groups excluding tert-OH is 1. The summed E-state index contributed by atoms with van der Waals surface area (Å²) in [6, 6.07) is 7.88. The minimum absolute atomic E-state index is 0.103. The first-order valence-electron chi connectivity index (χ1n) is 7.11. The molecule has 0 amide bonds. The van der Waals surface area contributed by atoms with Crippen LogP contribution in [-0.4, -0.2) is 30.0 Å². The molecule has 0 aliphatic carbocycles. The van der Waals surface area contributed by atoms with E-state index in [2.05, 4.69) is 0 Å². The Labute approximate surface area is 132 Å². The van der Waals surface area contributed by atoms with Crippen molar-refractivity contribution < 1.29 is 14.4 Å². The third-order valence-electron chi connectivity index (χ3n) is 4.22. The average Bonchev–Trinajstić information content (AvgIpc) is 2.65. The molecular weight excluding hydrogens is 286 g/mol. The maximum atomic E-state index is 9.64. The first-order valence-corrected chi connectivity index (χ1v) is 7.64. The Morgan fingerprint density at radius 3 is 2.10 bits per heavy atom. The Hall–Kier alpha value is -0.805. The van der Waals surface area contributed by atoms with Crippen molar-refractivity contribution in [2.75, 3.05) is 6.61 Å². The molecule has 3 nitrogen and oxygen atoms in total. The third-order valence-corrected chi connectivity index (χ3v) is 4.53. The van der Waals surface area contributed by atoms with E-state index in [0.717, 1.165) is 11.1 Å². The van der Waals surface area contributed by atoms with Gasteiger partial charge < -0.3 is 14.4 Å². The minimum atomic E-state index is -0.521. The summed E-state index contributed by atoms with van der Waals surface area (Å²) in [5, 5.41) is 9.64. The number of alkyl halides is 1. The monoisotopic (exact) mass is 308 g/mol. The molecule has 0 atom stereocenters. The summed E-state index contributed by atoms with van der Waals surface area (Å²) in [5.41, 5.74) is 1.95. The van der Waals surface area contributed by atoms with Crippen LogP contribution in [0.5, 0.6) is 0 Å². The summed E-state index contributed by atoms with van der Waals surface area (Å²) in [4.78, 5) is 0. The summed E-state index contributed by atoms with van der Waals surface area (Å²) in [7, 11) is -0.521. The molecule has 0 spiro atoms. The summed E-state index contributed by atoms with van der Waals surface area (Å²) in [6.07, 6.45) is 1.90. The van der Waals surface area contributed by atoms with Crippen LogP contribution in [0.2, 0.25) is 0 Å². The summed E-state index contributed by atoms with van der Waals surface area (Å²) in [5.74, 6) is 0.494. The number of hydrogen-bond acceptors (Lipinski definition) is 3. The lowest BCUT2D eigenvalue weighted by atomic mass is 9.77. The SMILES string of the molecule is CC1(C)OB(C(=Cc2ccc(CCl)cc2)CO)OC1(C)C. The number of hydrogen-bond donors (Lipinski definition) is 1. The molecule has 1 N–H and O–H groups in total. The maximum absolute atomic E-state index is 9.64. The Kier molecular flexibility index (Phi) is 4.84. The van der Waals surface area contributed by atoms with Crippen molar-refractivity contribution in [3.63, 3.8) is 0 Å². The Bertz CT molecular complexity index is 507. The third kappa shape index (κ3) is 3.51. The quantitative estimate of drug-likeness (QED) is 0.684. The molecule has 21 heavy (non-hydrogen) atoms. The molecular formula is C16H22BClO3. The number of benzene rings is 1. The van der Waals surface area contributed by atoms with Gasteiger partial charge in [-0.3, -0.25) is 0 Å². The van der Waals surface area contributed by atoms with Crippen LogP contribution < -0.4 is 0 Å². The summed E-state index contributed by atoms with van der Waals surface area (Å²) in [6.45, 7) is 7.89. The van der Waals surface area contributed by atoms with Gasteiger partial charge in [-0.05, 0) is 44.3 Å². The molecule has 1 heterocycles. The smallest absolute Gasteiger partial charge is 0.400 e. The molecule has 0 radical (unpaired) electrons. The van der Waals surface area contributed by atoms with Crippen molar-refractivity contribution in [2.45, 2.75) is 44.8 Å². The van der Waals surface area contributed by atoms with Crippen LogP contribution in [0.25, 0.3) is 6.08 Å². The van der Waals surface area contributed by atoms with Crippen molar-refractivity contribution >= 4 is 24.8 Å². The zero-order chi connectivity index (χ0) is 15.7. The van der Waals surface area contributed by atoms with Crippen LogP contribution in [0, 0.1) is 0 Å². The maximum Gasteiger partial charge on any atom is 0.492 e. The van der Waals surface area contributed by atoms with Crippen molar-refractivity contribution in [3.8, 4) is 0 Å². The molecule has 1 fully saturated rings. The van der Waals surface area contributed by atoms with E-state index in [0.29, 0.717) is 11.4 Å². The molecule has 1 aromatic carbocycles. The van der Waals surface area contributed by atoms with Crippen LogP contribution in [0.3, 0.4) is 0 Å². The summed E-state index contributed by atoms with van der Waals surface area (Å²) >= 11 is 5.78. The Balaban J connectivity index is 2.22. The van der Waals surface area contributed by atoms with E-state index >= 15 is 0 Å². The number of aliphatic hydroxyl groups is 1. The van der Waals surface area contributed by atoms with Gasteiger partial charge in [0.05, 0.1) is 17.8 Å². The van der Waals surface area contributed by atoms with E-state index in [4.69, 9.17) is 20.9 Å². The molecule has 5 heteroatoms. The standard InChI is InChI=1S/C16H22BClO3/c1-15(2)16(3,4)21-17(20-15)14(11-19)9-12-5-7-13(10-18)8-6-12/h5-9,19H,10-11H2,1-4H3. The minimum Gasteiger partial charge on any atom is -0.400 e. The van der Waals surface area contributed by atoms with Crippen molar-refractivity contribution in [3.05, 3.63) is 40.9 Å². The van der Waals surface area contributed by atoms with E-state index in [1.54, 1.807) is 0 Å². The second-order valence-corrected chi connectivity index (χ2v) is 6.61. The molecule has 1 aromatic rings. The molecule has 1 aliphatic heterocycles. The van der Waals surface area contributed by atoms with Gasteiger partial charge in [0.15, 0.2) is 0 Å². The molecule has 0 saturated carbocycles. The number of halogens is 1. The molecule has 114 valence electrons. The molecule has 1 saturated heterocycles. The van der Waals surface area contributed by atoms with Gasteiger partial charge in [-0.25, -0.2) is 0 Å². The van der Waals surface area contributed by atoms with Crippen LogP contribution >= 0.6 is 11.6 Å². The zero-order valence-electron chi connectivity index (χ0n) is 13.0. The lowest BCUT2D eigenvalue weighted by Crippen LogP contribution is -2.41. The molecule has 0 unspecified atom stereocenters. The molecule has 1 aliphatic rings. The lowest BCUT2D eigenvalue weighted by molar-refractivity contribution is 0.00578. The Morgan fingerprint density at radius 2 is 1.67 bits per heavy atom. The molecule has 0 aromatic heterocycles. The van der Waals surface area contributed by atoms with Gasteiger partial charge in [0.1, 0.15) is 0 Å².